The van der Waals surface area contributed by atoms with Crippen LogP contribution in [-0.4, -0.2) is 14.2 Å². The summed E-state index contributed by atoms with van der Waals surface area (Å²) in [5, 5.41) is 2.18. The predicted octanol–water partition coefficient (Wildman–Crippen LogP) is 3.62. The lowest BCUT2D eigenvalue weighted by Gasteiger charge is -2.09. The van der Waals surface area contributed by atoms with E-state index in [0.29, 0.717) is 0 Å². The van der Waals surface area contributed by atoms with Crippen LogP contribution in [0.3, 0.4) is 0 Å². The molecule has 0 saturated heterocycles. The Balaban J connectivity index is 2.76. The molecular formula is C12H11BrO2. The minimum absolute atomic E-state index is 0.832. The highest BCUT2D eigenvalue weighted by Gasteiger charge is 2.06. The molecule has 0 fully saturated rings. The molecule has 0 saturated carbocycles. The minimum atomic E-state index is 0.832. The van der Waals surface area contributed by atoms with Gasteiger partial charge in [0.1, 0.15) is 11.5 Å². The van der Waals surface area contributed by atoms with Crippen LogP contribution in [-0.2, 0) is 0 Å². The average Bonchev–Trinajstić information content (AvgIpc) is 2.28. The summed E-state index contributed by atoms with van der Waals surface area (Å²) in [6.45, 7) is 0. The van der Waals surface area contributed by atoms with Crippen LogP contribution in [0.15, 0.2) is 34.8 Å². The second-order valence-corrected chi connectivity index (χ2v) is 4.02. The number of fused-ring (bicyclic) bond motifs is 1. The standard InChI is InChI=1S/C12H11BrO2/c1-14-9-5-3-8-4-6-11(13)12(15-2)10(8)7-9/h3-7H,1-2H3. The summed E-state index contributed by atoms with van der Waals surface area (Å²) in [6.07, 6.45) is 0. The van der Waals surface area contributed by atoms with Crippen molar-refractivity contribution in [2.75, 3.05) is 14.2 Å². The number of halogens is 1. The van der Waals surface area contributed by atoms with Gasteiger partial charge in [0.05, 0.1) is 18.7 Å². The lowest BCUT2D eigenvalue weighted by Crippen LogP contribution is -1.88. The lowest BCUT2D eigenvalue weighted by molar-refractivity contribution is 0.411. The highest BCUT2D eigenvalue weighted by Crippen LogP contribution is 2.35. The summed E-state index contributed by atoms with van der Waals surface area (Å²) in [5.74, 6) is 1.67. The Morgan fingerprint density at radius 3 is 2.40 bits per heavy atom. The number of benzene rings is 2. The molecule has 2 aromatic carbocycles. The second-order valence-electron chi connectivity index (χ2n) is 3.17. The van der Waals surface area contributed by atoms with Crippen LogP contribution in [0.5, 0.6) is 11.5 Å². The zero-order valence-corrected chi connectivity index (χ0v) is 10.2. The highest BCUT2D eigenvalue weighted by atomic mass is 79.9. The van der Waals surface area contributed by atoms with E-state index in [1.807, 2.05) is 30.3 Å². The molecule has 0 aliphatic heterocycles. The van der Waals surface area contributed by atoms with E-state index in [2.05, 4.69) is 15.9 Å². The molecular weight excluding hydrogens is 256 g/mol. The average molecular weight is 267 g/mol. The van der Waals surface area contributed by atoms with Gasteiger partial charge in [-0.3, -0.25) is 0 Å². The van der Waals surface area contributed by atoms with E-state index >= 15 is 0 Å². The van der Waals surface area contributed by atoms with Gasteiger partial charge in [-0.05, 0) is 39.5 Å². The maximum absolute atomic E-state index is 5.36. The summed E-state index contributed by atoms with van der Waals surface area (Å²) in [6, 6.07) is 9.95. The summed E-state index contributed by atoms with van der Waals surface area (Å²) in [7, 11) is 3.32. The van der Waals surface area contributed by atoms with Crippen LogP contribution in [0, 0.1) is 0 Å². The number of methoxy groups -OCH3 is 2. The molecule has 2 rings (SSSR count). The molecule has 2 aromatic rings. The third-order valence-electron chi connectivity index (χ3n) is 2.34. The van der Waals surface area contributed by atoms with Crippen molar-refractivity contribution in [3.05, 3.63) is 34.8 Å². The molecule has 0 aliphatic rings. The molecule has 0 atom stereocenters. The number of hydrogen-bond acceptors (Lipinski definition) is 2. The fourth-order valence-electron chi connectivity index (χ4n) is 1.58. The summed E-state index contributed by atoms with van der Waals surface area (Å²) >= 11 is 3.46. The molecule has 15 heavy (non-hydrogen) atoms. The van der Waals surface area contributed by atoms with Crippen LogP contribution < -0.4 is 9.47 Å². The quantitative estimate of drug-likeness (QED) is 0.827. The zero-order chi connectivity index (χ0) is 10.8. The summed E-state index contributed by atoms with van der Waals surface area (Å²) in [5.41, 5.74) is 0. The largest absolute Gasteiger partial charge is 0.497 e. The Kier molecular flexibility index (Phi) is 2.82. The van der Waals surface area contributed by atoms with Crippen molar-refractivity contribution in [3.8, 4) is 11.5 Å². The molecule has 0 amide bonds. The normalized spacial score (nSPS) is 10.3. The molecule has 0 heterocycles. The molecule has 0 spiro atoms. The first-order valence-corrected chi connectivity index (χ1v) is 5.36. The Hall–Kier alpha value is -1.22. The van der Waals surface area contributed by atoms with E-state index < -0.39 is 0 Å². The SMILES string of the molecule is COc1ccc2ccc(Br)c(OC)c2c1. The van der Waals surface area contributed by atoms with Crippen LogP contribution in [0.25, 0.3) is 10.8 Å². The molecule has 0 N–H and O–H groups in total. The van der Waals surface area contributed by atoms with E-state index in [1.54, 1.807) is 14.2 Å². The first kappa shape index (κ1) is 10.3. The number of rotatable bonds is 2. The molecule has 0 radical (unpaired) electrons. The third kappa shape index (κ3) is 1.79. The number of ether oxygens (including phenoxy) is 2. The smallest absolute Gasteiger partial charge is 0.140 e. The first-order chi connectivity index (χ1) is 7.26. The highest BCUT2D eigenvalue weighted by molar-refractivity contribution is 9.10. The monoisotopic (exact) mass is 266 g/mol. The van der Waals surface area contributed by atoms with Gasteiger partial charge < -0.3 is 9.47 Å². The minimum Gasteiger partial charge on any atom is -0.497 e. The van der Waals surface area contributed by atoms with Gasteiger partial charge in [0.15, 0.2) is 0 Å². The van der Waals surface area contributed by atoms with Crippen molar-refractivity contribution in [1.82, 2.24) is 0 Å². The fraction of sp³-hybridized carbons (Fsp3) is 0.167. The third-order valence-corrected chi connectivity index (χ3v) is 2.96. The van der Waals surface area contributed by atoms with E-state index in [-0.39, 0.29) is 0 Å². The summed E-state index contributed by atoms with van der Waals surface area (Å²) in [4.78, 5) is 0. The topological polar surface area (TPSA) is 18.5 Å². The Morgan fingerprint density at radius 2 is 1.73 bits per heavy atom. The van der Waals surface area contributed by atoms with Crippen molar-refractivity contribution < 1.29 is 9.47 Å². The van der Waals surface area contributed by atoms with E-state index in [1.165, 1.54) is 0 Å². The molecule has 0 bridgehead atoms. The summed E-state index contributed by atoms with van der Waals surface area (Å²) < 4.78 is 11.5. The fourth-order valence-corrected chi connectivity index (χ4v) is 2.09. The van der Waals surface area contributed by atoms with Gasteiger partial charge in [-0.2, -0.15) is 0 Å². The predicted molar refractivity (Wildman–Crippen MR) is 64.8 cm³/mol. The maximum atomic E-state index is 5.36. The second kappa shape index (κ2) is 4.11. The van der Waals surface area contributed by atoms with Gasteiger partial charge in [0.25, 0.3) is 0 Å². The van der Waals surface area contributed by atoms with Gasteiger partial charge >= 0.3 is 0 Å². The van der Waals surface area contributed by atoms with Gasteiger partial charge in [-0.25, -0.2) is 0 Å². The maximum Gasteiger partial charge on any atom is 0.140 e. The van der Waals surface area contributed by atoms with Gasteiger partial charge in [0.2, 0.25) is 0 Å². The zero-order valence-electron chi connectivity index (χ0n) is 8.58. The molecule has 3 heteroatoms. The Bertz CT molecular complexity index is 494. The van der Waals surface area contributed by atoms with Crippen LogP contribution in [0.1, 0.15) is 0 Å². The van der Waals surface area contributed by atoms with Gasteiger partial charge in [0, 0.05) is 5.39 Å². The van der Waals surface area contributed by atoms with Crippen molar-refractivity contribution in [2.24, 2.45) is 0 Å². The van der Waals surface area contributed by atoms with Crippen molar-refractivity contribution in [2.45, 2.75) is 0 Å². The van der Waals surface area contributed by atoms with Crippen LogP contribution >= 0.6 is 15.9 Å². The van der Waals surface area contributed by atoms with E-state index in [4.69, 9.17) is 9.47 Å². The van der Waals surface area contributed by atoms with E-state index in [0.717, 1.165) is 26.7 Å². The van der Waals surface area contributed by atoms with Crippen molar-refractivity contribution in [1.29, 1.82) is 0 Å². The van der Waals surface area contributed by atoms with Gasteiger partial charge in [-0.1, -0.05) is 12.1 Å². The molecule has 0 aromatic heterocycles. The first-order valence-electron chi connectivity index (χ1n) is 4.56. The van der Waals surface area contributed by atoms with Crippen molar-refractivity contribution in [3.63, 3.8) is 0 Å². The molecule has 0 unspecified atom stereocenters. The molecule has 0 aliphatic carbocycles. The van der Waals surface area contributed by atoms with Gasteiger partial charge in [-0.15, -0.1) is 0 Å². The lowest BCUT2D eigenvalue weighted by atomic mass is 10.1. The molecule has 2 nitrogen and oxygen atoms in total. The van der Waals surface area contributed by atoms with Crippen LogP contribution in [0.4, 0.5) is 0 Å². The Labute approximate surface area is 96.9 Å². The van der Waals surface area contributed by atoms with E-state index in [9.17, 15) is 0 Å². The van der Waals surface area contributed by atoms with Crippen molar-refractivity contribution >= 4 is 26.7 Å². The van der Waals surface area contributed by atoms with Crippen LogP contribution in [0.2, 0.25) is 0 Å². The number of hydrogen-bond donors (Lipinski definition) is 0. The molecule has 78 valence electrons. The Morgan fingerprint density at radius 1 is 1.00 bits per heavy atom.